The second-order valence-electron chi connectivity index (χ2n) is 12.7. The molecule has 1 aliphatic carbocycles. The minimum absolute atomic E-state index is 0.0111. The Morgan fingerprint density at radius 1 is 1.12 bits per heavy atom. The Morgan fingerprint density at radius 3 is 2.67 bits per heavy atom. The van der Waals surface area contributed by atoms with Gasteiger partial charge in [-0.1, -0.05) is 23.7 Å². The largest absolute Gasteiger partial charge is 0.481 e. The van der Waals surface area contributed by atoms with E-state index in [1.807, 2.05) is 6.07 Å². The lowest BCUT2D eigenvalue weighted by molar-refractivity contribution is -0.129. The van der Waals surface area contributed by atoms with Crippen molar-refractivity contribution in [3.63, 3.8) is 0 Å². The van der Waals surface area contributed by atoms with Gasteiger partial charge in [0.05, 0.1) is 17.8 Å². The summed E-state index contributed by atoms with van der Waals surface area (Å²) in [6.45, 7) is 2.45. The molecule has 3 amide bonds. The van der Waals surface area contributed by atoms with Crippen molar-refractivity contribution in [1.29, 1.82) is 0 Å². The lowest BCUT2D eigenvalue weighted by Crippen LogP contribution is -2.36. The molecule has 4 atom stereocenters. The molecule has 4 aliphatic rings. The van der Waals surface area contributed by atoms with Gasteiger partial charge in [0, 0.05) is 67.7 Å². The third-order valence-electron chi connectivity index (χ3n) is 9.59. The van der Waals surface area contributed by atoms with Gasteiger partial charge in [-0.05, 0) is 67.1 Å². The van der Waals surface area contributed by atoms with Crippen LogP contribution >= 0.6 is 11.6 Å². The van der Waals surface area contributed by atoms with Crippen LogP contribution in [-0.2, 0) is 25.5 Å². The fourth-order valence-electron chi connectivity index (χ4n) is 6.91. The average Bonchev–Trinajstić information content (AvgIpc) is 3.63. The van der Waals surface area contributed by atoms with Gasteiger partial charge in [0.15, 0.2) is 12.5 Å². The summed E-state index contributed by atoms with van der Waals surface area (Å²) in [6, 6.07) is 10.0. The Hall–Kier alpha value is -4.52. The summed E-state index contributed by atoms with van der Waals surface area (Å²) in [5, 5.41) is 9.71. The van der Waals surface area contributed by atoms with Gasteiger partial charge in [0.1, 0.15) is 11.4 Å². The highest BCUT2D eigenvalue weighted by atomic mass is 35.5. The Balaban J connectivity index is 1.17. The van der Waals surface area contributed by atoms with E-state index >= 15 is 4.39 Å². The van der Waals surface area contributed by atoms with E-state index in [4.69, 9.17) is 26.1 Å². The number of rotatable bonds is 8. The van der Waals surface area contributed by atoms with Crippen molar-refractivity contribution in [2.75, 3.05) is 33.1 Å². The highest BCUT2D eigenvalue weighted by Gasteiger charge is 2.50. The zero-order valence-corrected chi connectivity index (χ0v) is 27.8. The second kappa shape index (κ2) is 12.5. The zero-order valence-electron chi connectivity index (χ0n) is 27.0. The molecule has 2 unspecified atom stereocenters. The molecule has 2 fully saturated rings. The third-order valence-corrected chi connectivity index (χ3v) is 10.00. The Morgan fingerprint density at radius 2 is 1.92 bits per heavy atom. The Bertz CT molecular complexity index is 1880. The van der Waals surface area contributed by atoms with Gasteiger partial charge < -0.3 is 35.2 Å². The molecule has 0 bridgehead atoms. The average molecular weight is 675 g/mol. The van der Waals surface area contributed by atoms with Crippen molar-refractivity contribution in [1.82, 2.24) is 25.4 Å². The predicted octanol–water partition coefficient (Wildman–Crippen LogP) is 4.29. The topological polar surface area (TPSA) is 128 Å². The van der Waals surface area contributed by atoms with Crippen molar-refractivity contribution in [2.24, 2.45) is 0 Å². The van der Waals surface area contributed by atoms with Crippen LogP contribution in [0, 0.1) is 12.7 Å². The summed E-state index contributed by atoms with van der Waals surface area (Å²) in [6.07, 6.45) is 3.76. The molecular formula is C35H36ClFN6O5. The van der Waals surface area contributed by atoms with Crippen molar-refractivity contribution < 1.29 is 28.2 Å². The molecule has 3 N–H and O–H groups in total. The van der Waals surface area contributed by atoms with Gasteiger partial charge in [-0.25, -0.2) is 9.37 Å². The van der Waals surface area contributed by atoms with Gasteiger partial charge >= 0.3 is 0 Å². The first-order chi connectivity index (χ1) is 23.0. The summed E-state index contributed by atoms with van der Waals surface area (Å²) >= 11 is 7.04. The number of amides is 3. The number of pyridine rings is 1. The first-order valence-corrected chi connectivity index (χ1v) is 16.3. The monoisotopic (exact) mass is 674 g/mol. The number of hydrogen-bond acceptors (Lipinski definition) is 8. The van der Waals surface area contributed by atoms with Crippen LogP contribution in [0.3, 0.4) is 0 Å². The first kappa shape index (κ1) is 32.0. The molecule has 0 spiro atoms. The number of hydrogen-bond donors (Lipinski definition) is 3. The third kappa shape index (κ3) is 5.78. The van der Waals surface area contributed by atoms with Crippen LogP contribution in [-0.4, -0.2) is 78.8 Å². The maximum atomic E-state index is 15.4. The van der Waals surface area contributed by atoms with Gasteiger partial charge in [-0.2, -0.15) is 0 Å². The molecule has 3 aliphatic heterocycles. The zero-order chi connectivity index (χ0) is 33.9. The number of halogens is 2. The summed E-state index contributed by atoms with van der Waals surface area (Å²) < 4.78 is 26.6. The first-order valence-electron chi connectivity index (χ1n) is 15.9. The number of aryl methyl sites for hydroxylation is 1. The normalized spacial score (nSPS) is 22.9. The summed E-state index contributed by atoms with van der Waals surface area (Å²) in [5.74, 6) is -0.997. The lowest BCUT2D eigenvalue weighted by atomic mass is 9.95. The molecule has 1 aromatic heterocycles. The maximum absolute atomic E-state index is 15.4. The van der Waals surface area contributed by atoms with Crippen LogP contribution in [0.1, 0.15) is 42.0 Å². The minimum atomic E-state index is -0.568. The molecule has 4 heterocycles. The number of methoxy groups -OCH3 is 1. The quantitative estimate of drug-likeness (QED) is 0.239. The number of carbonyl (C=O) groups excluding carboxylic acids is 3. The van der Waals surface area contributed by atoms with E-state index in [2.05, 4.69) is 16.0 Å². The number of benzene rings is 2. The van der Waals surface area contributed by atoms with Gasteiger partial charge in [-0.15, -0.1) is 0 Å². The molecule has 2 aromatic carbocycles. The van der Waals surface area contributed by atoms with E-state index in [1.54, 1.807) is 51.2 Å². The van der Waals surface area contributed by atoms with Gasteiger partial charge in [0.2, 0.25) is 11.8 Å². The van der Waals surface area contributed by atoms with E-state index in [9.17, 15) is 14.4 Å². The van der Waals surface area contributed by atoms with Crippen molar-refractivity contribution in [2.45, 2.75) is 57.1 Å². The molecule has 48 heavy (non-hydrogen) atoms. The number of carbonyl (C=O) groups is 3. The van der Waals surface area contributed by atoms with E-state index in [1.165, 1.54) is 23.2 Å². The van der Waals surface area contributed by atoms with Crippen molar-refractivity contribution >= 4 is 35.0 Å². The number of likely N-dealkylation sites (N-methyl/N-ethyl adjacent to an activating group) is 2. The summed E-state index contributed by atoms with van der Waals surface area (Å²) in [5.41, 5.74) is 5.01. The molecule has 13 heteroatoms. The molecule has 2 saturated heterocycles. The number of anilines is 1. The molecule has 0 saturated carbocycles. The Kier molecular flexibility index (Phi) is 8.34. The second-order valence-corrected chi connectivity index (χ2v) is 13.1. The van der Waals surface area contributed by atoms with Crippen molar-refractivity contribution in [3.05, 3.63) is 75.7 Å². The fraction of sp³-hybridized carbons (Fsp3) is 0.371. The van der Waals surface area contributed by atoms with Gasteiger partial charge in [0.25, 0.3) is 11.8 Å². The highest BCUT2D eigenvalue weighted by molar-refractivity contribution is 6.36. The number of nitrogens with zero attached hydrogens (tertiary/aromatic N) is 3. The van der Waals surface area contributed by atoms with Crippen LogP contribution in [0.15, 0.2) is 48.2 Å². The van der Waals surface area contributed by atoms with Crippen LogP contribution in [0.5, 0.6) is 5.88 Å². The standard InChI is InChI=1S/C35H36ClFN6O5/c1-17-21(6-5-7-25(17)40-31(45)24-16-42(2)34-35(48-34)43(3)33(24)46)22-13-19(37)14-23(30(22)36)27-12-18-8-10-26(29(18)32(41-27)47-4)38-15-20-9-11-28(44)39-20/h5-7,12-14,16,20,26,34-35,38H,8-11,15H2,1-4H3,(H,39,44)(H,40,45)/t20-,26-,34?,35?/m0/s1. The SMILES string of the molecule is COc1nc(-c2cc(F)cc(-c3cccc(NC(=O)C4=CN(C)C5OC5N(C)C4=O)c3C)c2Cl)cc2c1[C@@H](NC[C@@H]1CCC(=O)N1)CC2. The van der Waals surface area contributed by atoms with Crippen LogP contribution in [0.25, 0.3) is 22.4 Å². The summed E-state index contributed by atoms with van der Waals surface area (Å²) in [7, 11) is 4.91. The molecule has 250 valence electrons. The number of aromatic nitrogens is 1. The van der Waals surface area contributed by atoms with E-state index in [-0.39, 0.29) is 29.8 Å². The van der Waals surface area contributed by atoms with Crippen LogP contribution < -0.4 is 20.7 Å². The molecular weight excluding hydrogens is 639 g/mol. The van der Waals surface area contributed by atoms with Crippen LogP contribution in [0.2, 0.25) is 5.02 Å². The Labute approximate surface area is 282 Å². The van der Waals surface area contributed by atoms with E-state index < -0.39 is 23.9 Å². The van der Waals surface area contributed by atoms with Crippen molar-refractivity contribution in [3.8, 4) is 28.3 Å². The number of epoxide rings is 1. The fourth-order valence-corrected chi connectivity index (χ4v) is 7.22. The molecule has 0 radical (unpaired) electrons. The predicted molar refractivity (Wildman–Crippen MR) is 178 cm³/mol. The van der Waals surface area contributed by atoms with Gasteiger partial charge in [-0.3, -0.25) is 14.4 Å². The summed E-state index contributed by atoms with van der Waals surface area (Å²) in [4.78, 5) is 45.9. The smallest absolute Gasteiger partial charge is 0.262 e. The number of fused-ring (bicyclic) bond motifs is 2. The molecule has 3 aromatic rings. The molecule has 7 rings (SSSR count). The highest BCUT2D eigenvalue weighted by Crippen LogP contribution is 2.43. The lowest BCUT2D eigenvalue weighted by Gasteiger charge is -2.20. The van der Waals surface area contributed by atoms with E-state index in [0.717, 1.165) is 30.4 Å². The number of nitrogens with one attached hydrogen (secondary N) is 3. The van der Waals surface area contributed by atoms with Crippen LogP contribution in [0.4, 0.5) is 10.1 Å². The number of ether oxygens (including phenoxy) is 2. The molecule has 11 nitrogen and oxygen atoms in total. The van der Waals surface area contributed by atoms with E-state index in [0.29, 0.717) is 57.5 Å². The minimum Gasteiger partial charge on any atom is -0.481 e. The maximum Gasteiger partial charge on any atom is 0.262 e.